The largest absolute Gasteiger partial charge is 0.389 e. The molecule has 0 saturated heterocycles. The minimum absolute atomic E-state index is 0.0734. The van der Waals surface area contributed by atoms with Gasteiger partial charge in [-0.05, 0) is 50.3 Å². The standard InChI is InChI=1S/C19H24N4O2/c1-13-5-6-15(11-21-13)18-7-8-20-19(23-18)22-16-4-2-3-14(9-16)10-17(25)12-24/h5-8,11,14,16,24H,2-4,9-10,12H2,1H3,(H,20,22,23). The number of hydrogen-bond acceptors (Lipinski definition) is 6. The molecule has 6 nitrogen and oxygen atoms in total. The Labute approximate surface area is 147 Å². The van der Waals surface area contributed by atoms with Gasteiger partial charge >= 0.3 is 0 Å². The minimum atomic E-state index is -0.357. The van der Waals surface area contributed by atoms with Crippen molar-refractivity contribution < 1.29 is 9.90 Å². The molecule has 0 aliphatic heterocycles. The van der Waals surface area contributed by atoms with Crippen LogP contribution in [-0.2, 0) is 4.79 Å². The normalized spacial score (nSPS) is 20.2. The Kier molecular flexibility index (Phi) is 5.71. The van der Waals surface area contributed by atoms with E-state index < -0.39 is 0 Å². The summed E-state index contributed by atoms with van der Waals surface area (Å²) in [5.74, 6) is 0.864. The first-order valence-electron chi connectivity index (χ1n) is 8.79. The Morgan fingerprint density at radius 3 is 2.92 bits per heavy atom. The Balaban J connectivity index is 1.65. The topological polar surface area (TPSA) is 88.0 Å². The van der Waals surface area contributed by atoms with Crippen molar-refractivity contribution in [3.05, 3.63) is 36.3 Å². The fraction of sp³-hybridized carbons (Fsp3) is 0.474. The van der Waals surface area contributed by atoms with Crippen LogP contribution >= 0.6 is 0 Å². The summed E-state index contributed by atoms with van der Waals surface area (Å²) in [4.78, 5) is 24.7. The molecule has 25 heavy (non-hydrogen) atoms. The van der Waals surface area contributed by atoms with E-state index in [0.29, 0.717) is 18.3 Å². The van der Waals surface area contributed by atoms with Crippen LogP contribution in [0, 0.1) is 12.8 Å². The molecule has 2 aromatic heterocycles. The number of carbonyl (C=O) groups excluding carboxylic acids is 1. The van der Waals surface area contributed by atoms with E-state index in [0.717, 1.165) is 42.6 Å². The lowest BCUT2D eigenvalue weighted by Crippen LogP contribution is -2.29. The Morgan fingerprint density at radius 1 is 1.28 bits per heavy atom. The van der Waals surface area contributed by atoms with Crippen LogP contribution in [0.2, 0.25) is 0 Å². The first-order chi connectivity index (χ1) is 12.1. The third-order valence-corrected chi connectivity index (χ3v) is 4.67. The van der Waals surface area contributed by atoms with Crippen molar-refractivity contribution in [1.29, 1.82) is 0 Å². The lowest BCUT2D eigenvalue weighted by atomic mass is 9.83. The second-order valence-corrected chi connectivity index (χ2v) is 6.73. The molecule has 132 valence electrons. The van der Waals surface area contributed by atoms with E-state index in [1.165, 1.54) is 0 Å². The number of aryl methyl sites for hydroxylation is 1. The van der Waals surface area contributed by atoms with Crippen molar-refractivity contribution in [2.75, 3.05) is 11.9 Å². The molecule has 6 heteroatoms. The molecule has 2 N–H and O–H groups in total. The summed E-state index contributed by atoms with van der Waals surface area (Å²) in [6, 6.07) is 6.11. The van der Waals surface area contributed by atoms with E-state index in [4.69, 9.17) is 5.11 Å². The van der Waals surface area contributed by atoms with Gasteiger partial charge in [-0.25, -0.2) is 9.97 Å². The van der Waals surface area contributed by atoms with Gasteiger partial charge in [-0.3, -0.25) is 9.78 Å². The molecule has 3 rings (SSSR count). The summed E-state index contributed by atoms with van der Waals surface area (Å²) in [6.07, 6.45) is 8.10. The molecule has 1 fully saturated rings. The maximum atomic E-state index is 11.5. The first kappa shape index (κ1) is 17.5. The first-order valence-corrected chi connectivity index (χ1v) is 8.79. The number of aliphatic hydroxyl groups excluding tert-OH is 1. The van der Waals surface area contributed by atoms with E-state index in [1.54, 1.807) is 6.20 Å². The van der Waals surface area contributed by atoms with Crippen molar-refractivity contribution in [2.24, 2.45) is 5.92 Å². The molecule has 0 bridgehead atoms. The predicted molar refractivity (Wildman–Crippen MR) is 96.1 cm³/mol. The number of aliphatic hydroxyl groups is 1. The average Bonchev–Trinajstić information content (AvgIpc) is 2.63. The molecule has 2 unspecified atom stereocenters. The molecule has 2 heterocycles. The molecule has 0 spiro atoms. The molecule has 0 aromatic carbocycles. The number of rotatable bonds is 6. The number of nitrogens with one attached hydrogen (secondary N) is 1. The van der Waals surface area contributed by atoms with Crippen LogP contribution in [-0.4, -0.2) is 38.5 Å². The van der Waals surface area contributed by atoms with Gasteiger partial charge in [0.25, 0.3) is 0 Å². The van der Waals surface area contributed by atoms with Crippen molar-refractivity contribution in [3.8, 4) is 11.3 Å². The predicted octanol–water partition coefficient (Wildman–Crippen LogP) is 2.77. The third kappa shape index (κ3) is 4.82. The summed E-state index contributed by atoms with van der Waals surface area (Å²) in [5.41, 5.74) is 2.78. The van der Waals surface area contributed by atoms with Gasteiger partial charge in [0.1, 0.15) is 6.61 Å². The van der Waals surface area contributed by atoms with E-state index in [-0.39, 0.29) is 18.4 Å². The summed E-state index contributed by atoms with van der Waals surface area (Å²) >= 11 is 0. The molecule has 2 atom stereocenters. The van der Waals surface area contributed by atoms with Crippen LogP contribution in [0.4, 0.5) is 5.95 Å². The van der Waals surface area contributed by atoms with Gasteiger partial charge in [-0.2, -0.15) is 0 Å². The number of carbonyl (C=O) groups is 1. The Bertz CT molecular complexity index is 718. The Hall–Kier alpha value is -2.34. The summed E-state index contributed by atoms with van der Waals surface area (Å²) in [6.45, 7) is 1.60. The van der Waals surface area contributed by atoms with E-state index >= 15 is 0 Å². The maximum absolute atomic E-state index is 11.5. The number of nitrogens with zero attached hydrogens (tertiary/aromatic N) is 3. The molecule has 1 aliphatic rings. The number of Topliss-reactive ketones (excluding diaryl/α,β-unsaturated/α-hetero) is 1. The van der Waals surface area contributed by atoms with Crippen LogP contribution in [0.15, 0.2) is 30.6 Å². The Morgan fingerprint density at radius 2 is 2.16 bits per heavy atom. The summed E-state index contributed by atoms with van der Waals surface area (Å²) in [7, 11) is 0. The number of anilines is 1. The zero-order valence-electron chi connectivity index (χ0n) is 14.5. The number of ketones is 1. The highest BCUT2D eigenvalue weighted by atomic mass is 16.3. The molecule has 2 aromatic rings. The molecule has 1 saturated carbocycles. The van der Waals surface area contributed by atoms with Crippen molar-refractivity contribution in [3.63, 3.8) is 0 Å². The molecule has 0 radical (unpaired) electrons. The quantitative estimate of drug-likeness (QED) is 0.841. The third-order valence-electron chi connectivity index (χ3n) is 4.67. The lowest BCUT2D eigenvalue weighted by molar-refractivity contribution is -0.122. The highest BCUT2D eigenvalue weighted by Crippen LogP contribution is 2.29. The van der Waals surface area contributed by atoms with E-state index in [9.17, 15) is 4.79 Å². The molecule has 0 amide bonds. The number of pyridine rings is 1. The lowest BCUT2D eigenvalue weighted by Gasteiger charge is -2.29. The fourth-order valence-electron chi connectivity index (χ4n) is 3.38. The van der Waals surface area contributed by atoms with Gasteiger partial charge in [0.15, 0.2) is 5.78 Å². The SMILES string of the molecule is Cc1ccc(-c2ccnc(NC3CCCC(CC(=O)CO)C3)n2)cn1. The number of hydrogen-bond donors (Lipinski definition) is 2. The summed E-state index contributed by atoms with van der Waals surface area (Å²) in [5, 5.41) is 12.3. The van der Waals surface area contributed by atoms with Gasteiger partial charge in [0.2, 0.25) is 5.95 Å². The van der Waals surface area contributed by atoms with Crippen LogP contribution in [0.5, 0.6) is 0 Å². The maximum Gasteiger partial charge on any atom is 0.223 e. The fourth-order valence-corrected chi connectivity index (χ4v) is 3.38. The van der Waals surface area contributed by atoms with Gasteiger partial charge in [-0.15, -0.1) is 0 Å². The minimum Gasteiger partial charge on any atom is -0.389 e. The highest BCUT2D eigenvalue weighted by molar-refractivity contribution is 5.79. The second-order valence-electron chi connectivity index (χ2n) is 6.73. The van der Waals surface area contributed by atoms with E-state index in [1.807, 2.05) is 31.3 Å². The van der Waals surface area contributed by atoms with Crippen molar-refractivity contribution >= 4 is 11.7 Å². The van der Waals surface area contributed by atoms with Gasteiger partial charge in [0.05, 0.1) is 5.69 Å². The summed E-state index contributed by atoms with van der Waals surface area (Å²) < 4.78 is 0. The number of aromatic nitrogens is 3. The van der Waals surface area contributed by atoms with Crippen LogP contribution in [0.1, 0.15) is 37.8 Å². The smallest absolute Gasteiger partial charge is 0.223 e. The molecular formula is C19H24N4O2. The van der Waals surface area contributed by atoms with Gasteiger partial charge in [-0.1, -0.05) is 6.42 Å². The second kappa shape index (κ2) is 8.16. The molecular weight excluding hydrogens is 316 g/mol. The zero-order chi connectivity index (χ0) is 17.6. The zero-order valence-corrected chi connectivity index (χ0v) is 14.5. The van der Waals surface area contributed by atoms with Gasteiger partial charge < -0.3 is 10.4 Å². The monoisotopic (exact) mass is 340 g/mol. The molecule has 1 aliphatic carbocycles. The van der Waals surface area contributed by atoms with E-state index in [2.05, 4.69) is 20.3 Å². The van der Waals surface area contributed by atoms with Crippen LogP contribution < -0.4 is 5.32 Å². The van der Waals surface area contributed by atoms with Crippen molar-refractivity contribution in [2.45, 2.75) is 45.1 Å². The highest BCUT2D eigenvalue weighted by Gasteiger charge is 2.24. The van der Waals surface area contributed by atoms with Gasteiger partial charge in [0, 0.05) is 36.1 Å². The van der Waals surface area contributed by atoms with Crippen LogP contribution in [0.25, 0.3) is 11.3 Å². The van der Waals surface area contributed by atoms with Crippen LogP contribution in [0.3, 0.4) is 0 Å². The average molecular weight is 340 g/mol. The van der Waals surface area contributed by atoms with Crippen molar-refractivity contribution in [1.82, 2.24) is 15.0 Å².